The molecule has 0 aromatic heterocycles. The Kier molecular flexibility index (Phi) is 8.99. The molecule has 0 aliphatic carbocycles. The van der Waals surface area contributed by atoms with Crippen LogP contribution in [0, 0.1) is 5.92 Å². The summed E-state index contributed by atoms with van der Waals surface area (Å²) in [5, 5.41) is 6.75. The van der Waals surface area contributed by atoms with Crippen LogP contribution in [0.2, 0.25) is 5.02 Å². The lowest BCUT2D eigenvalue weighted by atomic mass is 10.0. The van der Waals surface area contributed by atoms with Crippen LogP contribution >= 0.6 is 27.5 Å². The van der Waals surface area contributed by atoms with Gasteiger partial charge < -0.3 is 15.4 Å². The van der Waals surface area contributed by atoms with Gasteiger partial charge in [-0.2, -0.15) is 0 Å². The number of hydrogen-bond acceptors (Lipinski definition) is 4. The predicted octanol–water partition coefficient (Wildman–Crippen LogP) is 5.59. The summed E-state index contributed by atoms with van der Waals surface area (Å²) in [6.45, 7) is 5.01. The van der Waals surface area contributed by atoms with E-state index in [0.29, 0.717) is 22.2 Å². The quantitative estimate of drug-likeness (QED) is 0.458. The van der Waals surface area contributed by atoms with Crippen LogP contribution in [-0.2, 0) is 9.53 Å². The Hall–Kier alpha value is -2.05. The Morgan fingerprint density at radius 2 is 1.86 bits per heavy atom. The van der Waals surface area contributed by atoms with Gasteiger partial charge in [-0.3, -0.25) is 9.59 Å². The van der Waals surface area contributed by atoms with Crippen molar-refractivity contribution in [3.63, 3.8) is 0 Å². The van der Waals surface area contributed by atoms with Crippen molar-refractivity contribution in [3.8, 4) is 0 Å². The van der Waals surface area contributed by atoms with Crippen LogP contribution in [0.1, 0.15) is 48.7 Å². The van der Waals surface area contributed by atoms with Crippen molar-refractivity contribution in [1.82, 2.24) is 5.32 Å². The molecule has 0 saturated heterocycles. The van der Waals surface area contributed by atoms with Gasteiger partial charge in [-0.1, -0.05) is 59.9 Å². The van der Waals surface area contributed by atoms with E-state index in [2.05, 4.69) is 40.4 Å². The maximum absolute atomic E-state index is 13.1. The minimum Gasteiger partial charge on any atom is -0.469 e. The monoisotopic (exact) mass is 480 g/mol. The Morgan fingerprint density at radius 1 is 1.17 bits per heavy atom. The minimum absolute atomic E-state index is 0.0278. The molecule has 29 heavy (non-hydrogen) atoms. The molecule has 2 aromatic carbocycles. The third kappa shape index (κ3) is 7.05. The van der Waals surface area contributed by atoms with E-state index >= 15 is 0 Å². The fourth-order valence-corrected chi connectivity index (χ4v) is 3.16. The summed E-state index contributed by atoms with van der Waals surface area (Å²) >= 11 is 9.54. The van der Waals surface area contributed by atoms with E-state index in [1.807, 2.05) is 24.3 Å². The van der Waals surface area contributed by atoms with Crippen LogP contribution in [0.25, 0.3) is 0 Å². The second-order valence-corrected chi connectivity index (χ2v) is 8.29. The number of rotatable bonds is 9. The summed E-state index contributed by atoms with van der Waals surface area (Å²) in [6, 6.07) is 12.1. The van der Waals surface area contributed by atoms with Gasteiger partial charge in [0.15, 0.2) is 0 Å². The zero-order valence-electron chi connectivity index (χ0n) is 16.8. The van der Waals surface area contributed by atoms with Crippen molar-refractivity contribution in [3.05, 3.63) is 63.1 Å². The van der Waals surface area contributed by atoms with Gasteiger partial charge in [-0.05, 0) is 41.8 Å². The molecule has 7 heteroatoms. The molecule has 0 bridgehead atoms. The molecule has 0 aliphatic heterocycles. The van der Waals surface area contributed by atoms with Crippen LogP contribution in [-0.4, -0.2) is 25.5 Å². The molecular weight excluding hydrogens is 456 g/mol. The number of ether oxygens (including phenoxy) is 1. The van der Waals surface area contributed by atoms with E-state index in [1.54, 1.807) is 18.2 Å². The second-order valence-electron chi connectivity index (χ2n) is 6.94. The van der Waals surface area contributed by atoms with Crippen molar-refractivity contribution in [2.75, 3.05) is 19.0 Å². The molecule has 0 saturated carbocycles. The van der Waals surface area contributed by atoms with E-state index in [4.69, 9.17) is 16.3 Å². The first-order valence-corrected chi connectivity index (χ1v) is 10.7. The minimum atomic E-state index is -0.524. The zero-order valence-corrected chi connectivity index (χ0v) is 19.1. The molecule has 2 aromatic rings. The van der Waals surface area contributed by atoms with Crippen molar-refractivity contribution >= 4 is 45.1 Å². The van der Waals surface area contributed by atoms with Gasteiger partial charge in [0.2, 0.25) is 0 Å². The fraction of sp³-hybridized carbons (Fsp3) is 0.364. The molecule has 0 spiro atoms. The van der Waals surface area contributed by atoms with Crippen molar-refractivity contribution in [1.29, 1.82) is 0 Å². The number of esters is 1. The molecule has 2 unspecified atom stereocenters. The highest BCUT2D eigenvalue weighted by atomic mass is 79.9. The summed E-state index contributed by atoms with van der Waals surface area (Å²) in [5.41, 5.74) is 1.95. The van der Waals surface area contributed by atoms with Crippen LogP contribution in [0.4, 0.5) is 5.69 Å². The van der Waals surface area contributed by atoms with Crippen LogP contribution in [0.5, 0.6) is 0 Å². The van der Waals surface area contributed by atoms with Crippen molar-refractivity contribution in [2.24, 2.45) is 5.92 Å². The number of carbonyl (C=O) groups is 2. The zero-order chi connectivity index (χ0) is 21.4. The Bertz CT molecular complexity index is 842. The van der Waals surface area contributed by atoms with Gasteiger partial charge in [-0.25, -0.2) is 0 Å². The Labute approximate surface area is 185 Å². The number of benzene rings is 2. The van der Waals surface area contributed by atoms with Gasteiger partial charge in [0.05, 0.1) is 25.1 Å². The van der Waals surface area contributed by atoms with Crippen LogP contribution in [0.3, 0.4) is 0 Å². The van der Waals surface area contributed by atoms with Gasteiger partial charge in [0.1, 0.15) is 0 Å². The van der Waals surface area contributed by atoms with Crippen molar-refractivity contribution in [2.45, 2.75) is 32.7 Å². The van der Waals surface area contributed by atoms with E-state index < -0.39 is 12.0 Å². The van der Waals surface area contributed by atoms with Crippen LogP contribution < -0.4 is 10.6 Å². The molecule has 0 aliphatic rings. The maximum atomic E-state index is 13.1. The molecule has 2 atom stereocenters. The maximum Gasteiger partial charge on any atom is 0.307 e. The highest BCUT2D eigenvalue weighted by molar-refractivity contribution is 9.10. The number of amides is 1. The summed E-state index contributed by atoms with van der Waals surface area (Å²) in [7, 11) is 1.33. The van der Waals surface area contributed by atoms with E-state index in [1.165, 1.54) is 7.11 Å². The number of anilines is 1. The molecule has 0 radical (unpaired) electrons. The molecule has 2 N–H and O–H groups in total. The first-order chi connectivity index (χ1) is 13.8. The topological polar surface area (TPSA) is 67.4 Å². The van der Waals surface area contributed by atoms with Gasteiger partial charge in [0, 0.05) is 21.7 Å². The predicted molar refractivity (Wildman–Crippen MR) is 120 cm³/mol. The Balaban J connectivity index is 2.26. The molecule has 156 valence electrons. The molecule has 5 nitrogen and oxygen atoms in total. The average molecular weight is 482 g/mol. The summed E-state index contributed by atoms with van der Waals surface area (Å²) in [4.78, 5) is 25.0. The summed E-state index contributed by atoms with van der Waals surface area (Å²) in [6.07, 6.45) is 1.06. The highest BCUT2D eigenvalue weighted by Crippen LogP contribution is 2.25. The summed E-state index contributed by atoms with van der Waals surface area (Å²) in [5.74, 6) is -0.244. The average Bonchev–Trinajstić information content (AvgIpc) is 2.72. The summed E-state index contributed by atoms with van der Waals surface area (Å²) < 4.78 is 5.71. The number of methoxy groups -OCH3 is 1. The lowest BCUT2D eigenvalue weighted by Crippen LogP contribution is -2.31. The van der Waals surface area contributed by atoms with E-state index in [-0.39, 0.29) is 12.3 Å². The fourth-order valence-electron chi connectivity index (χ4n) is 2.72. The highest BCUT2D eigenvalue weighted by Gasteiger charge is 2.21. The number of carbonyl (C=O) groups excluding carboxylic acids is 2. The first-order valence-electron chi connectivity index (χ1n) is 9.50. The SMILES string of the molecule is CCC(C)CNc1ccc(Cl)cc1C(=O)NC(CC(=O)OC)c1ccc(Br)cc1. The van der Waals surface area contributed by atoms with E-state index in [0.717, 1.165) is 23.0 Å². The Morgan fingerprint density at radius 3 is 2.48 bits per heavy atom. The number of nitrogens with one attached hydrogen (secondary N) is 2. The normalized spacial score (nSPS) is 12.7. The number of hydrogen-bond donors (Lipinski definition) is 2. The number of halogens is 2. The molecule has 1 amide bonds. The molecular formula is C22H26BrClN2O3. The lowest BCUT2D eigenvalue weighted by Gasteiger charge is -2.20. The van der Waals surface area contributed by atoms with Crippen LogP contribution in [0.15, 0.2) is 46.9 Å². The third-order valence-corrected chi connectivity index (χ3v) is 5.50. The third-order valence-electron chi connectivity index (χ3n) is 4.74. The smallest absolute Gasteiger partial charge is 0.307 e. The lowest BCUT2D eigenvalue weighted by molar-refractivity contribution is -0.141. The standard InChI is InChI=1S/C22H26BrClN2O3/c1-4-14(2)13-25-19-10-9-17(24)11-18(19)22(28)26-20(12-21(27)29-3)15-5-7-16(23)8-6-15/h5-11,14,20,25H,4,12-13H2,1-3H3,(H,26,28). The molecule has 2 rings (SSSR count). The molecule has 0 heterocycles. The first kappa shape index (κ1) is 23.2. The van der Waals surface area contributed by atoms with Crippen molar-refractivity contribution < 1.29 is 14.3 Å². The van der Waals surface area contributed by atoms with Gasteiger partial charge in [-0.15, -0.1) is 0 Å². The van der Waals surface area contributed by atoms with Gasteiger partial charge in [0.25, 0.3) is 5.91 Å². The largest absolute Gasteiger partial charge is 0.469 e. The molecule has 0 fully saturated rings. The second kappa shape index (κ2) is 11.2. The van der Waals surface area contributed by atoms with Gasteiger partial charge >= 0.3 is 5.97 Å². The van der Waals surface area contributed by atoms with E-state index in [9.17, 15) is 9.59 Å².